The second-order valence-electron chi connectivity index (χ2n) is 6.57. The highest BCUT2D eigenvalue weighted by atomic mass is 32.2. The van der Waals surface area contributed by atoms with Crippen LogP contribution in [0.1, 0.15) is 11.3 Å². The van der Waals surface area contributed by atoms with Gasteiger partial charge in [0.25, 0.3) is 0 Å². The molecule has 3 N–H and O–H groups in total. The predicted molar refractivity (Wildman–Crippen MR) is 114 cm³/mol. The van der Waals surface area contributed by atoms with E-state index in [0.29, 0.717) is 62.1 Å². The van der Waals surface area contributed by atoms with Crippen LogP contribution in [0.2, 0.25) is 0 Å². The number of benzene rings is 1. The van der Waals surface area contributed by atoms with E-state index in [9.17, 15) is 4.21 Å². The van der Waals surface area contributed by atoms with Gasteiger partial charge in [-0.05, 0) is 18.2 Å². The van der Waals surface area contributed by atoms with Crippen molar-refractivity contribution in [2.24, 2.45) is 0 Å². The minimum absolute atomic E-state index is 0.205. The maximum Gasteiger partial charge on any atom is 0.132 e. The van der Waals surface area contributed by atoms with Crippen LogP contribution in [0.5, 0.6) is 5.75 Å². The van der Waals surface area contributed by atoms with Crippen molar-refractivity contribution < 1.29 is 13.7 Å². The molecule has 2 heterocycles. The van der Waals surface area contributed by atoms with Crippen LogP contribution in [0.15, 0.2) is 30.6 Å². The molecule has 1 fully saturated rings. The van der Waals surface area contributed by atoms with Gasteiger partial charge < -0.3 is 20.1 Å². The molecule has 2 aromatic rings. The highest BCUT2D eigenvalue weighted by Crippen LogP contribution is 2.23. The maximum atomic E-state index is 11.6. The standard InChI is InChI=1S/C19H26N6O3S/c1-27-9-10-28-14-3-4-16(20)15(11-14)19(21)17-12-18(23-13-22-17)24-5-7-25(8-6-24)29(2)26/h3-4,11-13,21H,5-10,20H2,1-2H3. The van der Waals surface area contributed by atoms with Gasteiger partial charge in [0.15, 0.2) is 0 Å². The zero-order valence-corrected chi connectivity index (χ0v) is 17.4. The topological polar surface area (TPSA) is 118 Å². The summed E-state index contributed by atoms with van der Waals surface area (Å²) in [5, 5.41) is 8.60. The molecular formula is C19H26N6O3S. The molecule has 1 aliphatic heterocycles. The van der Waals surface area contributed by atoms with Gasteiger partial charge in [-0.15, -0.1) is 0 Å². The summed E-state index contributed by atoms with van der Waals surface area (Å²) in [5.41, 5.74) is 7.82. The van der Waals surface area contributed by atoms with Crippen molar-refractivity contribution in [1.29, 1.82) is 5.41 Å². The molecule has 0 radical (unpaired) electrons. The van der Waals surface area contributed by atoms with Crippen LogP contribution < -0.4 is 15.4 Å². The molecule has 3 rings (SSSR count). The lowest BCUT2D eigenvalue weighted by atomic mass is 10.0. The van der Waals surface area contributed by atoms with E-state index in [-0.39, 0.29) is 5.71 Å². The summed E-state index contributed by atoms with van der Waals surface area (Å²) in [4.78, 5) is 10.7. The molecule has 0 spiro atoms. The fraction of sp³-hybridized carbons (Fsp3) is 0.421. The molecule has 9 nitrogen and oxygen atoms in total. The predicted octanol–water partition coefficient (Wildman–Crippen LogP) is 0.916. The molecule has 1 atom stereocenters. The van der Waals surface area contributed by atoms with Crippen molar-refractivity contribution in [3.8, 4) is 5.75 Å². The van der Waals surface area contributed by atoms with Crippen molar-refractivity contribution in [1.82, 2.24) is 14.3 Å². The van der Waals surface area contributed by atoms with Gasteiger partial charge in [0, 0.05) is 56.9 Å². The van der Waals surface area contributed by atoms with E-state index >= 15 is 0 Å². The molecule has 1 aliphatic rings. The highest BCUT2D eigenvalue weighted by molar-refractivity contribution is 7.81. The van der Waals surface area contributed by atoms with Gasteiger partial charge in [-0.3, -0.25) is 5.41 Å². The number of nitrogen functional groups attached to an aromatic ring is 1. The third kappa shape index (κ3) is 5.28. The van der Waals surface area contributed by atoms with E-state index in [0.717, 1.165) is 5.82 Å². The van der Waals surface area contributed by atoms with E-state index in [4.69, 9.17) is 20.6 Å². The van der Waals surface area contributed by atoms with Gasteiger partial charge in [0.1, 0.15) is 24.5 Å². The first-order valence-corrected chi connectivity index (χ1v) is 10.8. The summed E-state index contributed by atoms with van der Waals surface area (Å²) in [7, 11) is 0.651. The highest BCUT2D eigenvalue weighted by Gasteiger charge is 2.21. The first-order chi connectivity index (χ1) is 14.0. The maximum absolute atomic E-state index is 11.6. The van der Waals surface area contributed by atoms with Gasteiger partial charge in [0.2, 0.25) is 0 Å². The van der Waals surface area contributed by atoms with Gasteiger partial charge in [0.05, 0.1) is 29.0 Å². The van der Waals surface area contributed by atoms with Crippen LogP contribution >= 0.6 is 0 Å². The number of nitrogens with two attached hydrogens (primary N) is 1. The Balaban J connectivity index is 1.76. The van der Waals surface area contributed by atoms with E-state index in [2.05, 4.69) is 14.9 Å². The third-order valence-corrected chi connectivity index (χ3v) is 5.78. The quantitative estimate of drug-likeness (QED) is 0.372. The smallest absolute Gasteiger partial charge is 0.132 e. The first-order valence-electron chi connectivity index (χ1n) is 9.25. The molecule has 1 saturated heterocycles. The lowest BCUT2D eigenvalue weighted by molar-refractivity contribution is 0.146. The number of hydrogen-bond donors (Lipinski definition) is 2. The van der Waals surface area contributed by atoms with Gasteiger partial charge in [-0.25, -0.2) is 18.5 Å². The van der Waals surface area contributed by atoms with Crippen LogP contribution in [0.4, 0.5) is 11.5 Å². The number of ether oxygens (including phenoxy) is 2. The van der Waals surface area contributed by atoms with Crippen LogP contribution in [0.25, 0.3) is 0 Å². The molecule has 0 saturated carbocycles. The molecule has 1 aromatic heterocycles. The van der Waals surface area contributed by atoms with Gasteiger partial charge in [-0.1, -0.05) is 0 Å². The summed E-state index contributed by atoms with van der Waals surface area (Å²) < 4.78 is 24.2. The Bertz CT molecular complexity index is 886. The molecule has 29 heavy (non-hydrogen) atoms. The molecule has 156 valence electrons. The second kappa shape index (κ2) is 9.77. The summed E-state index contributed by atoms with van der Waals surface area (Å²) >= 11 is 0. The lowest BCUT2D eigenvalue weighted by Crippen LogP contribution is -2.47. The number of piperazine rings is 1. The molecule has 1 aromatic carbocycles. The van der Waals surface area contributed by atoms with Crippen molar-refractivity contribution >= 4 is 28.2 Å². The zero-order chi connectivity index (χ0) is 20.8. The number of nitrogens with one attached hydrogen (secondary N) is 1. The second-order valence-corrected chi connectivity index (χ2v) is 7.93. The Hall–Kier alpha value is -2.56. The molecule has 0 amide bonds. The van der Waals surface area contributed by atoms with E-state index < -0.39 is 11.0 Å². The van der Waals surface area contributed by atoms with Gasteiger partial charge in [-0.2, -0.15) is 0 Å². The summed E-state index contributed by atoms with van der Waals surface area (Å²) in [5.74, 6) is 1.36. The molecular weight excluding hydrogens is 392 g/mol. The van der Waals surface area contributed by atoms with Crippen LogP contribution in [0.3, 0.4) is 0 Å². The van der Waals surface area contributed by atoms with Crippen LogP contribution in [-0.2, 0) is 15.7 Å². The number of anilines is 2. The number of nitrogens with zero attached hydrogens (tertiary/aromatic N) is 4. The van der Waals surface area contributed by atoms with E-state index in [1.165, 1.54) is 6.33 Å². The Morgan fingerprint density at radius 3 is 2.66 bits per heavy atom. The minimum Gasteiger partial charge on any atom is -0.491 e. The fourth-order valence-corrected chi connectivity index (χ4v) is 3.73. The molecule has 0 bridgehead atoms. The number of methoxy groups -OCH3 is 1. The van der Waals surface area contributed by atoms with Crippen molar-refractivity contribution in [3.63, 3.8) is 0 Å². The fourth-order valence-electron chi connectivity index (χ4n) is 3.05. The summed E-state index contributed by atoms with van der Waals surface area (Å²) in [6.07, 6.45) is 3.15. The first kappa shape index (κ1) is 21.2. The van der Waals surface area contributed by atoms with Crippen LogP contribution in [0, 0.1) is 5.41 Å². The Labute approximate surface area is 172 Å². The summed E-state index contributed by atoms with van der Waals surface area (Å²) in [6, 6.07) is 7.02. The number of rotatable bonds is 8. The largest absolute Gasteiger partial charge is 0.491 e. The molecule has 10 heteroatoms. The average molecular weight is 419 g/mol. The number of aromatic nitrogens is 2. The van der Waals surface area contributed by atoms with E-state index in [1.54, 1.807) is 37.6 Å². The SMILES string of the molecule is COCCOc1ccc(N)c(C(=N)c2cc(N3CCN(S(C)=O)CC3)ncn2)c1. The summed E-state index contributed by atoms with van der Waals surface area (Å²) in [6.45, 7) is 3.73. The van der Waals surface area contributed by atoms with E-state index in [1.807, 2.05) is 4.31 Å². The normalized spacial score (nSPS) is 15.9. The van der Waals surface area contributed by atoms with Crippen molar-refractivity contribution in [3.05, 3.63) is 41.9 Å². The number of hydrogen-bond acceptors (Lipinski definition) is 8. The lowest BCUT2D eigenvalue weighted by Gasteiger charge is -2.33. The van der Waals surface area contributed by atoms with Crippen molar-refractivity contribution in [2.75, 3.05) is 63.4 Å². The van der Waals surface area contributed by atoms with Crippen molar-refractivity contribution in [2.45, 2.75) is 0 Å². The average Bonchev–Trinajstić information content (AvgIpc) is 2.75. The zero-order valence-electron chi connectivity index (χ0n) is 16.6. The van der Waals surface area contributed by atoms with Gasteiger partial charge >= 0.3 is 0 Å². The third-order valence-electron chi connectivity index (χ3n) is 4.69. The molecule has 1 unspecified atom stereocenters. The van der Waals surface area contributed by atoms with Crippen LogP contribution in [-0.4, -0.2) is 77.0 Å². The Morgan fingerprint density at radius 2 is 1.97 bits per heavy atom. The Kier molecular flexibility index (Phi) is 7.13. The Morgan fingerprint density at radius 1 is 1.21 bits per heavy atom. The monoisotopic (exact) mass is 418 g/mol. The molecule has 0 aliphatic carbocycles. The minimum atomic E-state index is -0.962.